The predicted octanol–water partition coefficient (Wildman–Crippen LogP) is 4.30. The van der Waals surface area contributed by atoms with Gasteiger partial charge < -0.3 is 4.90 Å². The molecule has 0 heterocycles. The highest BCUT2D eigenvalue weighted by Gasteiger charge is 2.28. The number of nitrogens with zero attached hydrogens (tertiary/aromatic N) is 1. The summed E-state index contributed by atoms with van der Waals surface area (Å²) in [4.78, 5) is 2.60. The van der Waals surface area contributed by atoms with Gasteiger partial charge >= 0.3 is 0 Å². The van der Waals surface area contributed by atoms with Crippen molar-refractivity contribution < 1.29 is 8.42 Å². The summed E-state index contributed by atoms with van der Waals surface area (Å²) in [6.45, 7) is 10.9. The third-order valence-electron chi connectivity index (χ3n) is 3.81. The Morgan fingerprint density at radius 1 is 1.04 bits per heavy atom. The van der Waals surface area contributed by atoms with Crippen molar-refractivity contribution in [1.29, 1.82) is 0 Å². The van der Waals surface area contributed by atoms with Crippen LogP contribution in [0.3, 0.4) is 0 Å². The van der Waals surface area contributed by atoms with Gasteiger partial charge in [-0.15, -0.1) is 0 Å². The molecule has 0 aliphatic rings. The van der Waals surface area contributed by atoms with Crippen LogP contribution in [-0.4, -0.2) is 38.5 Å². The SMILES string of the molecule is CCCCN(CCCC)CC(C)(C)NS(=O)(=O)c1ccc(Cl)cc1. The zero-order chi connectivity index (χ0) is 18.2. The summed E-state index contributed by atoms with van der Waals surface area (Å²) in [5, 5.41) is 0.526. The second-order valence-corrected chi connectivity index (χ2v) is 9.05. The lowest BCUT2D eigenvalue weighted by molar-refractivity contribution is 0.210. The van der Waals surface area contributed by atoms with Crippen LogP contribution in [0, 0.1) is 0 Å². The summed E-state index contributed by atoms with van der Waals surface area (Å²) in [6.07, 6.45) is 4.53. The molecule has 6 heteroatoms. The van der Waals surface area contributed by atoms with Crippen molar-refractivity contribution in [2.24, 2.45) is 0 Å². The number of hydrogen-bond acceptors (Lipinski definition) is 3. The molecule has 0 bridgehead atoms. The number of nitrogens with one attached hydrogen (secondary N) is 1. The van der Waals surface area contributed by atoms with Gasteiger partial charge in [0.1, 0.15) is 0 Å². The first-order valence-corrected chi connectivity index (χ1v) is 10.6. The highest BCUT2D eigenvalue weighted by Crippen LogP contribution is 2.17. The van der Waals surface area contributed by atoms with E-state index in [2.05, 4.69) is 23.5 Å². The van der Waals surface area contributed by atoms with Crippen molar-refractivity contribution in [1.82, 2.24) is 9.62 Å². The second kappa shape index (κ2) is 9.76. The van der Waals surface area contributed by atoms with E-state index < -0.39 is 15.6 Å². The Morgan fingerprint density at radius 3 is 2.00 bits per heavy atom. The zero-order valence-electron chi connectivity index (χ0n) is 15.3. The first-order chi connectivity index (χ1) is 11.2. The largest absolute Gasteiger partial charge is 0.301 e. The van der Waals surface area contributed by atoms with Gasteiger partial charge in [-0.2, -0.15) is 0 Å². The van der Waals surface area contributed by atoms with Crippen LogP contribution in [0.2, 0.25) is 5.02 Å². The number of halogens is 1. The van der Waals surface area contributed by atoms with E-state index >= 15 is 0 Å². The first kappa shape index (κ1) is 21.4. The minimum absolute atomic E-state index is 0.244. The number of hydrogen-bond donors (Lipinski definition) is 1. The van der Waals surface area contributed by atoms with E-state index in [4.69, 9.17) is 11.6 Å². The lowest BCUT2D eigenvalue weighted by Crippen LogP contribution is -2.51. The van der Waals surface area contributed by atoms with Gasteiger partial charge in [-0.1, -0.05) is 38.3 Å². The molecule has 0 radical (unpaired) electrons. The van der Waals surface area contributed by atoms with Crippen LogP contribution in [0.5, 0.6) is 0 Å². The third kappa shape index (κ3) is 7.51. The quantitative estimate of drug-likeness (QED) is 0.628. The van der Waals surface area contributed by atoms with Crippen LogP contribution in [0.4, 0.5) is 0 Å². The average molecular weight is 375 g/mol. The first-order valence-electron chi connectivity index (χ1n) is 8.72. The van der Waals surface area contributed by atoms with Gasteiger partial charge in [-0.25, -0.2) is 13.1 Å². The fourth-order valence-corrected chi connectivity index (χ4v) is 4.19. The molecule has 1 aromatic rings. The molecule has 24 heavy (non-hydrogen) atoms. The minimum Gasteiger partial charge on any atom is -0.301 e. The van der Waals surface area contributed by atoms with Crippen LogP contribution >= 0.6 is 11.6 Å². The van der Waals surface area contributed by atoms with E-state index in [0.29, 0.717) is 11.6 Å². The molecule has 0 aliphatic carbocycles. The summed E-state index contributed by atoms with van der Waals surface area (Å²) in [5.41, 5.74) is -0.542. The maximum atomic E-state index is 12.6. The van der Waals surface area contributed by atoms with Crippen molar-refractivity contribution in [3.8, 4) is 0 Å². The van der Waals surface area contributed by atoms with Gasteiger partial charge in [0.25, 0.3) is 0 Å². The topological polar surface area (TPSA) is 49.4 Å². The van der Waals surface area contributed by atoms with Gasteiger partial charge in [0, 0.05) is 17.1 Å². The molecule has 0 aliphatic heterocycles. The van der Waals surface area contributed by atoms with Gasteiger partial charge in [0.2, 0.25) is 10.0 Å². The van der Waals surface area contributed by atoms with E-state index in [1.165, 1.54) is 12.1 Å². The van der Waals surface area contributed by atoms with E-state index in [1.807, 2.05) is 13.8 Å². The highest BCUT2D eigenvalue weighted by atomic mass is 35.5. The standard InChI is InChI=1S/C18H31ClN2O2S/c1-5-7-13-21(14-8-6-2)15-18(3,4)20-24(22,23)17-11-9-16(19)10-12-17/h9-12,20H,5-8,13-15H2,1-4H3. The Morgan fingerprint density at radius 2 is 1.54 bits per heavy atom. The second-order valence-electron chi connectivity index (χ2n) is 6.93. The highest BCUT2D eigenvalue weighted by molar-refractivity contribution is 7.89. The van der Waals surface area contributed by atoms with Crippen molar-refractivity contribution >= 4 is 21.6 Å². The van der Waals surface area contributed by atoms with Crippen molar-refractivity contribution in [3.05, 3.63) is 29.3 Å². The Balaban J connectivity index is 2.79. The zero-order valence-corrected chi connectivity index (χ0v) is 16.9. The summed E-state index contributed by atoms with van der Waals surface area (Å²) in [6, 6.07) is 6.26. The van der Waals surface area contributed by atoms with Gasteiger partial charge in [-0.3, -0.25) is 0 Å². The number of rotatable bonds is 11. The number of unbranched alkanes of at least 4 members (excludes halogenated alkanes) is 2. The van der Waals surface area contributed by atoms with E-state index in [1.54, 1.807) is 12.1 Å². The summed E-state index contributed by atoms with van der Waals surface area (Å²) in [5.74, 6) is 0. The Kier molecular flexibility index (Phi) is 8.71. The normalized spacial score (nSPS) is 12.8. The molecule has 0 fully saturated rings. The maximum Gasteiger partial charge on any atom is 0.241 e. The fourth-order valence-electron chi connectivity index (χ4n) is 2.66. The molecule has 1 N–H and O–H groups in total. The fraction of sp³-hybridized carbons (Fsp3) is 0.667. The van der Waals surface area contributed by atoms with Crippen LogP contribution < -0.4 is 4.72 Å². The molecule has 138 valence electrons. The van der Waals surface area contributed by atoms with E-state index in [-0.39, 0.29) is 4.90 Å². The lowest BCUT2D eigenvalue weighted by atomic mass is 10.1. The predicted molar refractivity (Wildman–Crippen MR) is 102 cm³/mol. The smallest absolute Gasteiger partial charge is 0.241 e. The summed E-state index contributed by atoms with van der Waals surface area (Å²) >= 11 is 5.84. The molecule has 0 amide bonds. The van der Waals surface area contributed by atoms with Crippen molar-refractivity contribution in [2.45, 2.75) is 63.8 Å². The monoisotopic (exact) mass is 374 g/mol. The van der Waals surface area contributed by atoms with Gasteiger partial charge in [-0.05, 0) is 64.0 Å². The van der Waals surface area contributed by atoms with Crippen LogP contribution in [0.25, 0.3) is 0 Å². The molecular formula is C18H31ClN2O2S. The molecule has 0 atom stereocenters. The molecule has 0 spiro atoms. The van der Waals surface area contributed by atoms with Crippen molar-refractivity contribution in [3.63, 3.8) is 0 Å². The van der Waals surface area contributed by atoms with Crippen LogP contribution in [-0.2, 0) is 10.0 Å². The molecular weight excluding hydrogens is 344 g/mol. The summed E-state index contributed by atoms with van der Waals surface area (Å²) in [7, 11) is -3.56. The minimum atomic E-state index is -3.56. The molecule has 1 rings (SSSR count). The Bertz CT molecular complexity index is 578. The molecule has 1 aromatic carbocycles. The summed E-state index contributed by atoms with van der Waals surface area (Å²) < 4.78 is 28.0. The maximum absolute atomic E-state index is 12.6. The number of benzene rings is 1. The molecule has 0 saturated heterocycles. The molecule has 0 unspecified atom stereocenters. The Labute approximate surface area is 152 Å². The van der Waals surface area contributed by atoms with Gasteiger partial charge in [0.15, 0.2) is 0 Å². The molecule has 4 nitrogen and oxygen atoms in total. The lowest BCUT2D eigenvalue weighted by Gasteiger charge is -2.33. The average Bonchev–Trinajstić information content (AvgIpc) is 2.49. The van der Waals surface area contributed by atoms with Crippen LogP contribution in [0.1, 0.15) is 53.4 Å². The van der Waals surface area contributed by atoms with Crippen molar-refractivity contribution in [2.75, 3.05) is 19.6 Å². The molecule has 0 aromatic heterocycles. The van der Waals surface area contributed by atoms with E-state index in [9.17, 15) is 8.42 Å². The number of sulfonamides is 1. The van der Waals surface area contributed by atoms with Gasteiger partial charge in [0.05, 0.1) is 4.90 Å². The van der Waals surface area contributed by atoms with Crippen LogP contribution in [0.15, 0.2) is 29.2 Å². The third-order valence-corrected chi connectivity index (χ3v) is 5.78. The Hall–Kier alpha value is -0.620. The van der Waals surface area contributed by atoms with E-state index in [0.717, 1.165) is 38.8 Å². The molecule has 0 saturated carbocycles.